The van der Waals surface area contributed by atoms with Gasteiger partial charge in [0.2, 0.25) is 6.29 Å². The third kappa shape index (κ3) is 2.80. The van der Waals surface area contributed by atoms with Crippen molar-refractivity contribution in [1.82, 2.24) is 0 Å². The van der Waals surface area contributed by atoms with Crippen LogP contribution in [0.4, 0.5) is 0 Å². The highest BCUT2D eigenvalue weighted by atomic mass is 17.4. The maximum absolute atomic E-state index is 4.81. The molecule has 0 aromatic heterocycles. The van der Waals surface area contributed by atoms with Crippen LogP contribution >= 0.6 is 0 Å². The lowest BCUT2D eigenvalue weighted by Gasteiger charge is -2.20. The molecule has 66 valence electrons. The van der Waals surface area contributed by atoms with Gasteiger partial charge in [-0.25, -0.2) is 0 Å². The van der Waals surface area contributed by atoms with Crippen LogP contribution in [0.25, 0.3) is 0 Å². The van der Waals surface area contributed by atoms with E-state index < -0.39 is 0 Å². The van der Waals surface area contributed by atoms with Crippen molar-refractivity contribution in [2.24, 2.45) is 11.3 Å². The lowest BCUT2D eigenvalue weighted by Crippen LogP contribution is -2.19. The molecule has 0 aromatic rings. The predicted octanol–water partition coefficient (Wildman–Crippen LogP) is 2.74. The predicted molar refractivity (Wildman–Crippen MR) is 43.8 cm³/mol. The summed E-state index contributed by atoms with van der Waals surface area (Å²) in [6, 6.07) is 0. The molecule has 1 saturated heterocycles. The first-order chi connectivity index (χ1) is 5.02. The summed E-state index contributed by atoms with van der Waals surface area (Å²) in [5.41, 5.74) is 0.199. The molecule has 0 saturated carbocycles. The highest BCUT2D eigenvalue weighted by Gasteiger charge is 2.42. The van der Waals surface area contributed by atoms with E-state index in [9.17, 15) is 0 Å². The molecule has 11 heavy (non-hydrogen) atoms. The molecule has 0 aromatic carbocycles. The Bertz CT molecular complexity index is 126. The van der Waals surface area contributed by atoms with Gasteiger partial charge in [0.15, 0.2) is 0 Å². The highest BCUT2D eigenvalue weighted by molar-refractivity contribution is 4.75. The molecule has 1 aliphatic rings. The highest BCUT2D eigenvalue weighted by Crippen LogP contribution is 2.38. The molecule has 0 radical (unpaired) electrons. The van der Waals surface area contributed by atoms with Gasteiger partial charge in [0, 0.05) is 5.41 Å². The minimum Gasteiger partial charge on any atom is -0.198 e. The second-order valence-electron chi connectivity index (χ2n) is 4.45. The Kier molecular flexibility index (Phi) is 2.55. The van der Waals surface area contributed by atoms with Gasteiger partial charge in [-0.15, -0.1) is 0 Å². The van der Waals surface area contributed by atoms with Crippen molar-refractivity contribution >= 4 is 0 Å². The van der Waals surface area contributed by atoms with Crippen molar-refractivity contribution in [3.05, 3.63) is 0 Å². The van der Waals surface area contributed by atoms with Gasteiger partial charge in [-0.2, -0.15) is 9.78 Å². The lowest BCUT2D eigenvalue weighted by atomic mass is 9.85. The van der Waals surface area contributed by atoms with E-state index in [2.05, 4.69) is 27.7 Å². The van der Waals surface area contributed by atoms with Crippen LogP contribution in [0, 0.1) is 11.3 Å². The minimum absolute atomic E-state index is 0.0567. The molecule has 0 amide bonds. The summed E-state index contributed by atoms with van der Waals surface area (Å²) >= 11 is 0. The van der Waals surface area contributed by atoms with Crippen LogP contribution in [-0.2, 0) is 9.78 Å². The van der Waals surface area contributed by atoms with Crippen molar-refractivity contribution in [2.45, 2.75) is 46.8 Å². The van der Waals surface area contributed by atoms with E-state index >= 15 is 0 Å². The zero-order valence-electron chi connectivity index (χ0n) is 7.89. The van der Waals surface area contributed by atoms with Gasteiger partial charge < -0.3 is 0 Å². The van der Waals surface area contributed by atoms with Gasteiger partial charge in [-0.1, -0.05) is 34.1 Å². The average Bonchev–Trinajstić information content (AvgIpc) is 2.64. The molecule has 1 fully saturated rings. The summed E-state index contributed by atoms with van der Waals surface area (Å²) in [7, 11) is 0. The van der Waals surface area contributed by atoms with Gasteiger partial charge in [-0.05, 0) is 12.3 Å². The topological polar surface area (TPSA) is 25.1 Å². The summed E-state index contributed by atoms with van der Waals surface area (Å²) in [5, 5.41) is 0. The van der Waals surface area contributed by atoms with Crippen molar-refractivity contribution in [3.63, 3.8) is 0 Å². The van der Waals surface area contributed by atoms with E-state index in [0.29, 0.717) is 0 Å². The van der Waals surface area contributed by atoms with Crippen LogP contribution in [0.5, 0.6) is 0 Å². The Morgan fingerprint density at radius 2 is 1.82 bits per heavy atom. The fourth-order valence-corrected chi connectivity index (χ4v) is 1.07. The van der Waals surface area contributed by atoms with Crippen molar-refractivity contribution < 1.29 is 9.78 Å². The summed E-state index contributed by atoms with van der Waals surface area (Å²) in [5.74, 6) is 0.771. The Morgan fingerprint density at radius 1 is 1.27 bits per heavy atom. The number of hydrogen-bond donors (Lipinski definition) is 0. The second-order valence-corrected chi connectivity index (χ2v) is 4.45. The fraction of sp³-hybridized carbons (Fsp3) is 1.00. The molecule has 0 bridgehead atoms. The zero-order chi connectivity index (χ0) is 8.48. The van der Waals surface area contributed by atoms with Crippen LogP contribution in [0.1, 0.15) is 40.5 Å². The van der Waals surface area contributed by atoms with E-state index in [1.165, 1.54) is 12.8 Å². The van der Waals surface area contributed by atoms with Gasteiger partial charge in [0.25, 0.3) is 0 Å². The third-order valence-electron chi connectivity index (χ3n) is 2.20. The Hall–Kier alpha value is -0.0800. The van der Waals surface area contributed by atoms with E-state index in [-0.39, 0.29) is 11.7 Å². The minimum atomic E-state index is 0.0567. The third-order valence-corrected chi connectivity index (χ3v) is 2.20. The van der Waals surface area contributed by atoms with Crippen LogP contribution in [0.3, 0.4) is 0 Å². The molecule has 0 aliphatic carbocycles. The summed E-state index contributed by atoms with van der Waals surface area (Å²) < 4.78 is 0. The summed E-state index contributed by atoms with van der Waals surface area (Å²) in [6.45, 7) is 8.86. The number of rotatable bonds is 4. The van der Waals surface area contributed by atoms with Crippen LogP contribution in [-0.4, -0.2) is 6.29 Å². The maximum Gasteiger partial charge on any atom is 0.229 e. The SMILES string of the molecule is CC(C)CCC(C)(C)C1OO1. The van der Waals surface area contributed by atoms with Crippen LogP contribution in [0.2, 0.25) is 0 Å². The van der Waals surface area contributed by atoms with Crippen molar-refractivity contribution in [3.8, 4) is 0 Å². The zero-order valence-corrected chi connectivity index (χ0v) is 7.89. The summed E-state index contributed by atoms with van der Waals surface area (Å²) in [4.78, 5) is 9.61. The first-order valence-corrected chi connectivity index (χ1v) is 4.34. The molecule has 0 N–H and O–H groups in total. The molecule has 1 rings (SSSR count). The maximum atomic E-state index is 4.81. The fourth-order valence-electron chi connectivity index (χ4n) is 1.07. The van der Waals surface area contributed by atoms with Gasteiger partial charge >= 0.3 is 0 Å². The van der Waals surface area contributed by atoms with Gasteiger partial charge in [-0.3, -0.25) is 0 Å². The normalized spacial score (nSPS) is 19.4. The molecule has 2 heteroatoms. The average molecular weight is 158 g/mol. The first kappa shape index (κ1) is 9.01. The van der Waals surface area contributed by atoms with Crippen molar-refractivity contribution in [1.29, 1.82) is 0 Å². The molecular weight excluding hydrogens is 140 g/mol. The second kappa shape index (κ2) is 3.11. The molecule has 0 atom stereocenters. The Labute approximate surface area is 68.8 Å². The lowest BCUT2D eigenvalue weighted by molar-refractivity contribution is 0.0850. The molecule has 0 spiro atoms. The summed E-state index contributed by atoms with van der Waals surface area (Å²) in [6.07, 6.45) is 2.48. The van der Waals surface area contributed by atoms with E-state index in [4.69, 9.17) is 9.78 Å². The Morgan fingerprint density at radius 3 is 2.18 bits per heavy atom. The van der Waals surface area contributed by atoms with E-state index in [1.54, 1.807) is 0 Å². The molecular formula is C9H18O2. The monoisotopic (exact) mass is 158 g/mol. The molecule has 2 nitrogen and oxygen atoms in total. The van der Waals surface area contributed by atoms with E-state index in [1.807, 2.05) is 0 Å². The van der Waals surface area contributed by atoms with E-state index in [0.717, 1.165) is 5.92 Å². The first-order valence-electron chi connectivity index (χ1n) is 4.34. The van der Waals surface area contributed by atoms with Gasteiger partial charge in [0.05, 0.1) is 0 Å². The van der Waals surface area contributed by atoms with Gasteiger partial charge in [0.1, 0.15) is 0 Å². The quantitative estimate of drug-likeness (QED) is 0.464. The molecule has 1 aliphatic heterocycles. The molecule has 0 unspecified atom stereocenters. The number of hydrogen-bond acceptors (Lipinski definition) is 2. The largest absolute Gasteiger partial charge is 0.229 e. The molecule has 1 heterocycles. The van der Waals surface area contributed by atoms with Crippen LogP contribution < -0.4 is 0 Å². The smallest absolute Gasteiger partial charge is 0.198 e. The van der Waals surface area contributed by atoms with Crippen LogP contribution in [0.15, 0.2) is 0 Å². The standard InChI is InChI=1S/C9H18O2/c1-7(2)5-6-9(3,4)8-10-11-8/h7-8H,5-6H2,1-4H3. The Balaban J connectivity index is 2.22. The van der Waals surface area contributed by atoms with Crippen molar-refractivity contribution in [2.75, 3.05) is 0 Å².